The van der Waals surface area contributed by atoms with Gasteiger partial charge in [-0.1, -0.05) is 35.3 Å². The molecule has 0 amide bonds. The van der Waals surface area contributed by atoms with Gasteiger partial charge >= 0.3 is 12.1 Å². The van der Waals surface area contributed by atoms with Gasteiger partial charge in [0.2, 0.25) is 0 Å². The van der Waals surface area contributed by atoms with Crippen molar-refractivity contribution in [3.63, 3.8) is 0 Å². The standard InChI is InChI=1S/C18H12Cl2F3NO2/c1-24-8-9(10-3-2-4-13(16(10)24)18(21,22)23)7-12-14(19)6-5-11(15(12)20)17(25)26/h2-6,8H,7H2,1H3,(H,25,26). The molecule has 0 saturated carbocycles. The van der Waals surface area contributed by atoms with Crippen LogP contribution < -0.4 is 0 Å². The molecule has 1 N–H and O–H groups in total. The first-order chi connectivity index (χ1) is 12.1. The third kappa shape index (κ3) is 3.15. The van der Waals surface area contributed by atoms with Crippen LogP contribution >= 0.6 is 23.2 Å². The van der Waals surface area contributed by atoms with Crippen LogP contribution in [-0.2, 0) is 19.6 Å². The molecule has 0 saturated heterocycles. The Labute approximate surface area is 156 Å². The van der Waals surface area contributed by atoms with Crippen LogP contribution in [0.2, 0.25) is 10.0 Å². The second kappa shape index (κ2) is 6.52. The summed E-state index contributed by atoms with van der Waals surface area (Å²) < 4.78 is 41.2. The number of aromatic nitrogens is 1. The van der Waals surface area contributed by atoms with Crippen LogP contribution in [0.15, 0.2) is 36.5 Å². The highest BCUT2D eigenvalue weighted by molar-refractivity contribution is 6.38. The zero-order valence-electron chi connectivity index (χ0n) is 13.4. The van der Waals surface area contributed by atoms with Crippen LogP contribution in [0.5, 0.6) is 0 Å². The molecule has 0 spiro atoms. The van der Waals surface area contributed by atoms with E-state index in [4.69, 9.17) is 23.2 Å². The molecule has 3 rings (SSSR count). The van der Waals surface area contributed by atoms with Gasteiger partial charge in [-0.3, -0.25) is 0 Å². The number of aryl methyl sites for hydroxylation is 1. The summed E-state index contributed by atoms with van der Waals surface area (Å²) in [6.07, 6.45) is -2.81. The minimum absolute atomic E-state index is 0.0195. The predicted molar refractivity (Wildman–Crippen MR) is 94.1 cm³/mol. The number of para-hydroxylation sites is 1. The van der Waals surface area contributed by atoms with Gasteiger partial charge in [0.05, 0.1) is 21.7 Å². The van der Waals surface area contributed by atoms with Gasteiger partial charge in [-0.05, 0) is 29.3 Å². The van der Waals surface area contributed by atoms with Crippen molar-refractivity contribution in [3.8, 4) is 0 Å². The fourth-order valence-corrected chi connectivity index (χ4v) is 3.62. The Balaban J connectivity index is 2.18. The zero-order valence-corrected chi connectivity index (χ0v) is 14.9. The number of rotatable bonds is 3. The molecular formula is C18H12Cl2F3NO2. The number of nitrogens with zero attached hydrogens (tertiary/aromatic N) is 1. The molecule has 0 bridgehead atoms. The minimum atomic E-state index is -4.48. The molecule has 0 unspecified atom stereocenters. The summed E-state index contributed by atoms with van der Waals surface area (Å²) >= 11 is 12.3. The van der Waals surface area contributed by atoms with Crippen LogP contribution in [0.4, 0.5) is 13.2 Å². The molecule has 1 heterocycles. The van der Waals surface area contributed by atoms with E-state index < -0.39 is 17.7 Å². The molecule has 2 aromatic carbocycles. The first-order valence-corrected chi connectivity index (χ1v) is 8.21. The summed E-state index contributed by atoms with van der Waals surface area (Å²) in [5.41, 5.74) is 0.136. The van der Waals surface area contributed by atoms with Crippen molar-refractivity contribution < 1.29 is 23.1 Å². The van der Waals surface area contributed by atoms with Crippen molar-refractivity contribution in [2.75, 3.05) is 0 Å². The fourth-order valence-electron chi connectivity index (χ4n) is 3.04. The maximum absolute atomic E-state index is 13.3. The lowest BCUT2D eigenvalue weighted by atomic mass is 10.0. The number of alkyl halides is 3. The number of halogens is 5. The van der Waals surface area contributed by atoms with Crippen molar-refractivity contribution in [2.24, 2.45) is 7.05 Å². The maximum Gasteiger partial charge on any atom is 0.418 e. The lowest BCUT2D eigenvalue weighted by Crippen LogP contribution is -2.07. The highest BCUT2D eigenvalue weighted by atomic mass is 35.5. The summed E-state index contributed by atoms with van der Waals surface area (Å²) in [6.45, 7) is 0. The van der Waals surface area contributed by atoms with E-state index in [0.717, 1.165) is 6.07 Å². The van der Waals surface area contributed by atoms with Crippen LogP contribution in [0, 0.1) is 0 Å². The van der Waals surface area contributed by atoms with E-state index in [1.165, 1.54) is 29.8 Å². The topological polar surface area (TPSA) is 42.2 Å². The molecule has 3 aromatic rings. The van der Waals surface area contributed by atoms with Gasteiger partial charge in [-0.15, -0.1) is 0 Å². The maximum atomic E-state index is 13.3. The second-order valence-corrected chi connectivity index (χ2v) is 6.62. The minimum Gasteiger partial charge on any atom is -0.478 e. The van der Waals surface area contributed by atoms with E-state index in [0.29, 0.717) is 16.5 Å². The number of aromatic carboxylic acids is 1. The summed E-state index contributed by atoms with van der Waals surface area (Å²) in [5.74, 6) is -1.20. The molecule has 136 valence electrons. The number of carboxylic acid groups (broad SMARTS) is 1. The smallest absolute Gasteiger partial charge is 0.418 e. The molecular weight excluding hydrogens is 390 g/mol. The molecule has 0 aliphatic carbocycles. The first-order valence-electron chi connectivity index (χ1n) is 7.45. The normalized spacial score (nSPS) is 11.9. The highest BCUT2D eigenvalue weighted by Crippen LogP contribution is 2.38. The first kappa shape index (κ1) is 18.6. The van der Waals surface area contributed by atoms with Crippen molar-refractivity contribution in [1.29, 1.82) is 0 Å². The number of hydrogen-bond acceptors (Lipinski definition) is 1. The van der Waals surface area contributed by atoms with Gasteiger partial charge in [-0.25, -0.2) is 4.79 Å². The Kier molecular flexibility index (Phi) is 4.67. The Morgan fingerprint density at radius 1 is 1.19 bits per heavy atom. The Bertz CT molecular complexity index is 1030. The second-order valence-electron chi connectivity index (χ2n) is 5.83. The fraction of sp³-hybridized carbons (Fsp3) is 0.167. The third-order valence-corrected chi connectivity index (χ3v) is 4.96. The summed E-state index contributed by atoms with van der Waals surface area (Å²) in [5, 5.41) is 9.84. The molecule has 3 nitrogen and oxygen atoms in total. The largest absolute Gasteiger partial charge is 0.478 e. The van der Waals surface area contributed by atoms with E-state index in [-0.39, 0.29) is 27.5 Å². The van der Waals surface area contributed by atoms with E-state index in [1.807, 2.05) is 0 Å². The number of benzene rings is 2. The summed E-state index contributed by atoms with van der Waals surface area (Å²) in [6, 6.07) is 6.66. The molecule has 0 fully saturated rings. The van der Waals surface area contributed by atoms with E-state index in [2.05, 4.69) is 0 Å². The Morgan fingerprint density at radius 2 is 1.88 bits per heavy atom. The molecule has 8 heteroatoms. The Morgan fingerprint density at radius 3 is 2.50 bits per heavy atom. The number of carboxylic acids is 1. The summed E-state index contributed by atoms with van der Waals surface area (Å²) in [7, 11) is 1.53. The lowest BCUT2D eigenvalue weighted by molar-refractivity contribution is -0.136. The Hall–Kier alpha value is -2.18. The van der Waals surface area contributed by atoms with Gasteiger partial charge in [0, 0.05) is 30.1 Å². The molecule has 0 radical (unpaired) electrons. The zero-order chi connectivity index (χ0) is 19.2. The number of hydrogen-bond donors (Lipinski definition) is 1. The molecule has 26 heavy (non-hydrogen) atoms. The van der Waals surface area contributed by atoms with Crippen molar-refractivity contribution in [2.45, 2.75) is 12.6 Å². The SMILES string of the molecule is Cn1cc(Cc2c(Cl)ccc(C(=O)O)c2Cl)c2cccc(C(F)(F)F)c21. The molecule has 1 aromatic heterocycles. The van der Waals surface area contributed by atoms with Crippen molar-refractivity contribution >= 4 is 40.1 Å². The lowest BCUT2D eigenvalue weighted by Gasteiger charge is -2.10. The molecule has 0 aliphatic heterocycles. The average molecular weight is 402 g/mol. The van der Waals surface area contributed by atoms with E-state index >= 15 is 0 Å². The molecule has 0 atom stereocenters. The molecule has 0 aliphatic rings. The monoisotopic (exact) mass is 401 g/mol. The van der Waals surface area contributed by atoms with Crippen LogP contribution in [0.1, 0.15) is 27.0 Å². The quantitative estimate of drug-likeness (QED) is 0.603. The number of fused-ring (bicyclic) bond motifs is 1. The van der Waals surface area contributed by atoms with Crippen LogP contribution in [0.25, 0.3) is 10.9 Å². The summed E-state index contributed by atoms with van der Waals surface area (Å²) in [4.78, 5) is 11.3. The van der Waals surface area contributed by atoms with Gasteiger partial charge < -0.3 is 9.67 Å². The van der Waals surface area contributed by atoms with Gasteiger partial charge in [0.25, 0.3) is 0 Å². The van der Waals surface area contributed by atoms with Gasteiger partial charge in [0.15, 0.2) is 0 Å². The average Bonchev–Trinajstić information content (AvgIpc) is 2.86. The van der Waals surface area contributed by atoms with Crippen LogP contribution in [-0.4, -0.2) is 15.6 Å². The van der Waals surface area contributed by atoms with E-state index in [1.54, 1.807) is 12.3 Å². The predicted octanol–water partition coefficient (Wildman–Crippen LogP) is 5.79. The van der Waals surface area contributed by atoms with E-state index in [9.17, 15) is 23.1 Å². The van der Waals surface area contributed by atoms with Crippen LogP contribution in [0.3, 0.4) is 0 Å². The third-order valence-electron chi connectivity index (χ3n) is 4.17. The highest BCUT2D eigenvalue weighted by Gasteiger charge is 2.34. The van der Waals surface area contributed by atoms with Gasteiger partial charge in [0.1, 0.15) is 0 Å². The van der Waals surface area contributed by atoms with Crippen molar-refractivity contribution in [3.05, 3.63) is 68.8 Å². The van der Waals surface area contributed by atoms with Gasteiger partial charge in [-0.2, -0.15) is 13.2 Å². The van der Waals surface area contributed by atoms with Crippen molar-refractivity contribution in [1.82, 2.24) is 4.57 Å². The number of carbonyl (C=O) groups is 1.